The van der Waals surface area contributed by atoms with Crippen LogP contribution in [0, 0.1) is 12.8 Å². The first kappa shape index (κ1) is 17.0. The lowest BCUT2D eigenvalue weighted by Crippen LogP contribution is -2.34. The third-order valence-corrected chi connectivity index (χ3v) is 5.29. The van der Waals surface area contributed by atoms with Crippen molar-refractivity contribution in [2.24, 2.45) is 5.92 Å². The molecule has 0 unspecified atom stereocenters. The first-order valence-corrected chi connectivity index (χ1v) is 9.16. The monoisotopic (exact) mass is 309 g/mol. The molecule has 0 saturated heterocycles. The van der Waals surface area contributed by atoms with Crippen LogP contribution < -0.4 is 5.32 Å². The zero-order chi connectivity index (χ0) is 15.3. The van der Waals surface area contributed by atoms with Crippen LogP contribution in [0.25, 0.3) is 0 Å². The Balaban J connectivity index is 1.76. The van der Waals surface area contributed by atoms with E-state index in [4.69, 9.17) is 4.74 Å². The number of ether oxygens (including phenoxy) is 1. The van der Waals surface area contributed by atoms with E-state index in [1.54, 1.807) is 0 Å². The summed E-state index contributed by atoms with van der Waals surface area (Å²) in [7, 11) is 0. The summed E-state index contributed by atoms with van der Waals surface area (Å²) in [6, 6.07) is 2.32. The Labute approximate surface area is 134 Å². The molecule has 21 heavy (non-hydrogen) atoms. The lowest BCUT2D eigenvalue weighted by atomic mass is 9.90. The van der Waals surface area contributed by atoms with Gasteiger partial charge in [-0.1, -0.05) is 19.3 Å². The molecule has 1 aliphatic rings. The summed E-state index contributed by atoms with van der Waals surface area (Å²) in [5.41, 5.74) is 1.55. The zero-order valence-electron chi connectivity index (χ0n) is 14.1. The van der Waals surface area contributed by atoms with E-state index in [2.05, 4.69) is 39.1 Å². The molecule has 1 aromatic heterocycles. The van der Waals surface area contributed by atoms with Gasteiger partial charge in [0.05, 0.1) is 6.61 Å². The van der Waals surface area contributed by atoms with Gasteiger partial charge in [-0.25, -0.2) is 0 Å². The molecule has 0 radical (unpaired) electrons. The van der Waals surface area contributed by atoms with Gasteiger partial charge in [-0.15, -0.1) is 11.3 Å². The quantitative estimate of drug-likeness (QED) is 0.794. The number of aryl methyl sites for hydroxylation is 1. The molecule has 0 spiro atoms. The number of hydrogen-bond acceptors (Lipinski definition) is 3. The van der Waals surface area contributed by atoms with Gasteiger partial charge in [0.1, 0.15) is 0 Å². The first-order valence-electron chi connectivity index (χ1n) is 8.35. The first-order chi connectivity index (χ1) is 9.94. The topological polar surface area (TPSA) is 21.3 Å². The maximum absolute atomic E-state index is 5.99. The minimum atomic E-state index is 0.176. The highest BCUT2D eigenvalue weighted by atomic mass is 32.1. The number of thiophene rings is 1. The molecule has 1 heterocycles. The molecule has 0 bridgehead atoms. The fourth-order valence-corrected chi connectivity index (χ4v) is 3.85. The van der Waals surface area contributed by atoms with Gasteiger partial charge in [-0.05, 0) is 58.1 Å². The summed E-state index contributed by atoms with van der Waals surface area (Å²) in [6.45, 7) is 11.5. The smallest absolute Gasteiger partial charge is 0.0727 e. The van der Waals surface area contributed by atoms with Crippen molar-refractivity contribution in [3.8, 4) is 0 Å². The van der Waals surface area contributed by atoms with Gasteiger partial charge in [0, 0.05) is 28.4 Å². The molecule has 2 rings (SSSR count). The van der Waals surface area contributed by atoms with Crippen molar-refractivity contribution >= 4 is 11.3 Å². The SMILES string of the molecule is Cc1sc(CNC(C)(C)C)cc1COCC1CCCCC1. The Bertz CT molecular complexity index is 427. The molecule has 2 nitrogen and oxygen atoms in total. The molecule has 1 saturated carbocycles. The average Bonchev–Trinajstić information content (AvgIpc) is 2.78. The Hall–Kier alpha value is -0.380. The van der Waals surface area contributed by atoms with Crippen molar-refractivity contribution in [3.05, 3.63) is 21.4 Å². The summed E-state index contributed by atoms with van der Waals surface area (Å²) in [4.78, 5) is 2.82. The Morgan fingerprint density at radius 2 is 1.95 bits per heavy atom. The van der Waals surface area contributed by atoms with E-state index in [0.29, 0.717) is 0 Å². The molecule has 1 aromatic rings. The van der Waals surface area contributed by atoms with Crippen molar-refractivity contribution in [2.75, 3.05) is 6.61 Å². The van der Waals surface area contributed by atoms with Crippen LogP contribution >= 0.6 is 11.3 Å². The molecular weight excluding hydrogens is 278 g/mol. The molecule has 3 heteroatoms. The van der Waals surface area contributed by atoms with Gasteiger partial charge in [0.2, 0.25) is 0 Å². The number of nitrogens with one attached hydrogen (secondary N) is 1. The average molecular weight is 310 g/mol. The van der Waals surface area contributed by atoms with E-state index in [0.717, 1.165) is 25.7 Å². The summed E-state index contributed by atoms with van der Waals surface area (Å²) in [6.07, 6.45) is 6.94. The van der Waals surface area contributed by atoms with E-state index in [-0.39, 0.29) is 5.54 Å². The minimum absolute atomic E-state index is 0.176. The number of hydrogen-bond donors (Lipinski definition) is 1. The van der Waals surface area contributed by atoms with Crippen molar-refractivity contribution in [2.45, 2.75) is 78.5 Å². The van der Waals surface area contributed by atoms with E-state index < -0.39 is 0 Å². The highest BCUT2D eigenvalue weighted by Gasteiger charge is 2.14. The highest BCUT2D eigenvalue weighted by Crippen LogP contribution is 2.26. The molecular formula is C18H31NOS. The van der Waals surface area contributed by atoms with E-state index in [1.165, 1.54) is 47.4 Å². The molecule has 0 atom stereocenters. The predicted octanol–water partition coefficient (Wildman–Crippen LogP) is 5.04. The second kappa shape index (κ2) is 7.75. The maximum Gasteiger partial charge on any atom is 0.0727 e. The highest BCUT2D eigenvalue weighted by molar-refractivity contribution is 7.12. The van der Waals surface area contributed by atoms with Crippen LogP contribution in [0.1, 0.15) is 68.2 Å². The summed E-state index contributed by atoms with van der Waals surface area (Å²) in [5, 5.41) is 3.56. The third kappa shape index (κ3) is 6.09. The molecule has 1 aliphatic carbocycles. The van der Waals surface area contributed by atoms with Crippen LogP contribution in [0.4, 0.5) is 0 Å². The standard InChI is InChI=1S/C18H31NOS/c1-14-16(10-17(21-14)11-19-18(2,3)4)13-20-12-15-8-6-5-7-9-15/h10,15,19H,5-9,11-13H2,1-4H3. The second-order valence-corrected chi connectivity index (χ2v) is 8.76. The Morgan fingerprint density at radius 1 is 1.24 bits per heavy atom. The molecule has 120 valence electrons. The fourth-order valence-electron chi connectivity index (χ4n) is 2.86. The summed E-state index contributed by atoms with van der Waals surface area (Å²) in [5.74, 6) is 0.805. The molecule has 1 fully saturated rings. The van der Waals surface area contributed by atoms with Crippen molar-refractivity contribution in [1.82, 2.24) is 5.32 Å². The van der Waals surface area contributed by atoms with Crippen LogP contribution in [-0.2, 0) is 17.9 Å². The molecule has 1 N–H and O–H groups in total. The molecule has 0 aromatic carbocycles. The van der Waals surface area contributed by atoms with Gasteiger partial charge in [-0.3, -0.25) is 0 Å². The largest absolute Gasteiger partial charge is 0.376 e. The van der Waals surface area contributed by atoms with E-state index in [9.17, 15) is 0 Å². The van der Waals surface area contributed by atoms with Crippen LogP contribution in [0.15, 0.2) is 6.07 Å². The zero-order valence-corrected chi connectivity index (χ0v) is 14.9. The van der Waals surface area contributed by atoms with Crippen molar-refractivity contribution < 1.29 is 4.74 Å². The minimum Gasteiger partial charge on any atom is -0.376 e. The van der Waals surface area contributed by atoms with E-state index in [1.807, 2.05) is 11.3 Å². The summed E-state index contributed by atoms with van der Waals surface area (Å²) >= 11 is 1.90. The molecule has 0 amide bonds. The Kier molecular flexibility index (Phi) is 6.27. The van der Waals surface area contributed by atoms with Gasteiger partial charge in [0.25, 0.3) is 0 Å². The van der Waals surface area contributed by atoms with Gasteiger partial charge < -0.3 is 10.1 Å². The maximum atomic E-state index is 5.99. The van der Waals surface area contributed by atoms with Crippen molar-refractivity contribution in [3.63, 3.8) is 0 Å². The predicted molar refractivity (Wildman–Crippen MR) is 91.9 cm³/mol. The third-order valence-electron chi connectivity index (χ3n) is 4.20. The lowest BCUT2D eigenvalue weighted by molar-refractivity contribution is 0.0738. The van der Waals surface area contributed by atoms with Crippen molar-refractivity contribution in [1.29, 1.82) is 0 Å². The van der Waals surface area contributed by atoms with Gasteiger partial charge in [-0.2, -0.15) is 0 Å². The van der Waals surface area contributed by atoms with Crippen LogP contribution in [0.2, 0.25) is 0 Å². The van der Waals surface area contributed by atoms with Crippen LogP contribution in [0.3, 0.4) is 0 Å². The van der Waals surface area contributed by atoms with E-state index >= 15 is 0 Å². The Morgan fingerprint density at radius 3 is 2.62 bits per heavy atom. The van der Waals surface area contributed by atoms with Crippen LogP contribution in [0.5, 0.6) is 0 Å². The summed E-state index contributed by atoms with van der Waals surface area (Å²) < 4.78 is 5.99. The number of rotatable bonds is 6. The van der Waals surface area contributed by atoms with Gasteiger partial charge in [0.15, 0.2) is 0 Å². The normalized spacial score (nSPS) is 17.3. The second-order valence-electron chi connectivity index (χ2n) is 7.42. The van der Waals surface area contributed by atoms with Crippen LogP contribution in [-0.4, -0.2) is 12.1 Å². The van der Waals surface area contributed by atoms with Gasteiger partial charge >= 0.3 is 0 Å². The lowest BCUT2D eigenvalue weighted by Gasteiger charge is -2.21. The fraction of sp³-hybridized carbons (Fsp3) is 0.778. The molecule has 0 aliphatic heterocycles.